The normalized spacial score (nSPS) is 23.0. The Morgan fingerprint density at radius 1 is 1.31 bits per heavy atom. The van der Waals surface area contributed by atoms with E-state index in [1.165, 1.54) is 6.92 Å². The zero-order valence-corrected chi connectivity index (χ0v) is 7.93. The summed E-state index contributed by atoms with van der Waals surface area (Å²) in [5, 5.41) is 36.8. The number of hydrogen-bond donors (Lipinski definition) is 4. The monoisotopic (exact) mass is 192 g/mol. The lowest BCUT2D eigenvalue weighted by atomic mass is 9.89. The maximum atomic E-state index is 10.8. The average molecular weight is 192 g/mol. The summed E-state index contributed by atoms with van der Waals surface area (Å²) in [7, 11) is 0. The summed E-state index contributed by atoms with van der Waals surface area (Å²) in [6, 6.07) is 0. The second-order valence-electron chi connectivity index (χ2n) is 3.38. The van der Waals surface area contributed by atoms with E-state index in [4.69, 9.17) is 10.2 Å². The highest BCUT2D eigenvalue weighted by Crippen LogP contribution is 2.16. The molecule has 0 aliphatic rings. The van der Waals surface area contributed by atoms with Gasteiger partial charge in [0.15, 0.2) is 5.78 Å². The molecule has 0 spiro atoms. The highest BCUT2D eigenvalue weighted by Gasteiger charge is 2.41. The third-order valence-electron chi connectivity index (χ3n) is 2.11. The molecule has 4 atom stereocenters. The molecule has 0 saturated carbocycles. The van der Waals surface area contributed by atoms with Crippen molar-refractivity contribution in [3.05, 3.63) is 0 Å². The number of ketones is 1. The van der Waals surface area contributed by atoms with Crippen LogP contribution in [-0.4, -0.2) is 50.1 Å². The van der Waals surface area contributed by atoms with Gasteiger partial charge in [0.2, 0.25) is 0 Å². The molecule has 5 heteroatoms. The van der Waals surface area contributed by atoms with Gasteiger partial charge in [0, 0.05) is 0 Å². The van der Waals surface area contributed by atoms with Crippen molar-refractivity contribution in [2.45, 2.75) is 44.7 Å². The van der Waals surface area contributed by atoms with Crippen molar-refractivity contribution in [2.75, 3.05) is 0 Å². The number of rotatable bonds is 4. The van der Waals surface area contributed by atoms with Gasteiger partial charge in [-0.25, -0.2) is 0 Å². The number of aliphatic hydroxyl groups is 4. The van der Waals surface area contributed by atoms with Crippen molar-refractivity contribution >= 4 is 5.78 Å². The van der Waals surface area contributed by atoms with Crippen LogP contribution in [-0.2, 0) is 4.79 Å². The molecule has 0 fully saturated rings. The molecule has 0 rings (SSSR count). The lowest BCUT2D eigenvalue weighted by molar-refractivity contribution is -0.164. The Morgan fingerprint density at radius 3 is 1.92 bits per heavy atom. The van der Waals surface area contributed by atoms with Gasteiger partial charge in [-0.15, -0.1) is 0 Å². The summed E-state index contributed by atoms with van der Waals surface area (Å²) in [5.74, 6) is -0.667. The van der Waals surface area contributed by atoms with Gasteiger partial charge >= 0.3 is 0 Å². The molecule has 0 amide bonds. The molecule has 0 aromatic carbocycles. The zero-order chi connectivity index (χ0) is 10.8. The minimum Gasteiger partial charge on any atom is -0.391 e. The van der Waals surface area contributed by atoms with Gasteiger partial charge in [0.1, 0.15) is 17.8 Å². The van der Waals surface area contributed by atoms with E-state index in [0.29, 0.717) is 0 Å². The number of aliphatic hydroxyl groups excluding tert-OH is 3. The first-order valence-corrected chi connectivity index (χ1v) is 3.99. The van der Waals surface area contributed by atoms with Crippen LogP contribution >= 0.6 is 0 Å². The van der Waals surface area contributed by atoms with Gasteiger partial charge in [-0.1, -0.05) is 0 Å². The van der Waals surface area contributed by atoms with E-state index in [1.807, 2.05) is 0 Å². The Bertz CT molecular complexity index is 187. The molecule has 13 heavy (non-hydrogen) atoms. The molecule has 0 aliphatic heterocycles. The van der Waals surface area contributed by atoms with Crippen LogP contribution in [0.25, 0.3) is 0 Å². The molecule has 0 saturated heterocycles. The topological polar surface area (TPSA) is 98.0 Å². The fourth-order valence-corrected chi connectivity index (χ4v) is 0.805. The molecular formula is C8H16O5. The van der Waals surface area contributed by atoms with Crippen molar-refractivity contribution < 1.29 is 25.2 Å². The second-order valence-corrected chi connectivity index (χ2v) is 3.38. The standard InChI is InChI=1S/C8H16O5/c1-4(9)6(11)7(12)8(3,13)5(2)10/h4,6-7,9,11-13H,1-3H3/t4-,6+,7+,8+/m0/s1. The largest absolute Gasteiger partial charge is 0.391 e. The van der Waals surface area contributed by atoms with Crippen LogP contribution in [0, 0.1) is 0 Å². The maximum Gasteiger partial charge on any atom is 0.163 e. The first-order valence-electron chi connectivity index (χ1n) is 3.99. The third-order valence-corrected chi connectivity index (χ3v) is 2.11. The smallest absolute Gasteiger partial charge is 0.163 e. The predicted octanol–water partition coefficient (Wildman–Crippen LogP) is -1.57. The molecular weight excluding hydrogens is 176 g/mol. The summed E-state index contributed by atoms with van der Waals surface area (Å²) in [6.07, 6.45) is -4.44. The molecule has 0 aromatic heterocycles. The fourth-order valence-electron chi connectivity index (χ4n) is 0.805. The van der Waals surface area contributed by atoms with E-state index in [0.717, 1.165) is 13.8 Å². The van der Waals surface area contributed by atoms with Crippen LogP contribution in [0.1, 0.15) is 20.8 Å². The first kappa shape index (κ1) is 12.5. The van der Waals surface area contributed by atoms with Crippen molar-refractivity contribution in [1.29, 1.82) is 0 Å². The average Bonchev–Trinajstić information content (AvgIpc) is 2.01. The van der Waals surface area contributed by atoms with Crippen molar-refractivity contribution in [3.8, 4) is 0 Å². The lowest BCUT2D eigenvalue weighted by Gasteiger charge is -2.31. The Hall–Kier alpha value is -0.490. The van der Waals surface area contributed by atoms with Crippen molar-refractivity contribution in [2.24, 2.45) is 0 Å². The van der Waals surface area contributed by atoms with Crippen molar-refractivity contribution in [3.63, 3.8) is 0 Å². The molecule has 0 aliphatic carbocycles. The third kappa shape index (κ3) is 2.73. The van der Waals surface area contributed by atoms with Gasteiger partial charge in [-0.3, -0.25) is 4.79 Å². The van der Waals surface area contributed by atoms with Crippen molar-refractivity contribution in [1.82, 2.24) is 0 Å². The summed E-state index contributed by atoms with van der Waals surface area (Å²) >= 11 is 0. The molecule has 0 aromatic rings. The summed E-state index contributed by atoms with van der Waals surface area (Å²) in [5.41, 5.74) is -2.03. The first-order chi connectivity index (χ1) is 5.71. The molecule has 4 N–H and O–H groups in total. The summed E-state index contributed by atoms with van der Waals surface area (Å²) < 4.78 is 0. The van der Waals surface area contributed by atoms with Gasteiger partial charge < -0.3 is 20.4 Å². The van der Waals surface area contributed by atoms with Crippen LogP contribution in [0.5, 0.6) is 0 Å². The number of carbonyl (C=O) groups excluding carboxylic acids is 1. The Kier molecular flexibility index (Phi) is 3.99. The predicted molar refractivity (Wildman–Crippen MR) is 45.0 cm³/mol. The Labute approximate surface area is 76.6 Å². The second kappa shape index (κ2) is 4.15. The maximum absolute atomic E-state index is 10.8. The molecule has 0 unspecified atom stereocenters. The van der Waals surface area contributed by atoms with Gasteiger partial charge in [-0.2, -0.15) is 0 Å². The number of hydrogen-bond acceptors (Lipinski definition) is 5. The van der Waals surface area contributed by atoms with E-state index >= 15 is 0 Å². The van der Waals surface area contributed by atoms with Gasteiger partial charge in [0.05, 0.1) is 6.10 Å². The fraction of sp³-hybridized carbons (Fsp3) is 0.875. The van der Waals surface area contributed by atoms with E-state index in [-0.39, 0.29) is 0 Å². The van der Waals surface area contributed by atoms with Crippen LogP contribution in [0.2, 0.25) is 0 Å². The van der Waals surface area contributed by atoms with E-state index in [9.17, 15) is 15.0 Å². The Morgan fingerprint density at radius 2 is 1.69 bits per heavy atom. The SMILES string of the molecule is CC(=O)[C@@](C)(O)[C@H](O)[C@H](O)[C@H](C)O. The number of Topliss-reactive ketones (excluding diaryl/α,β-unsaturated/α-hetero) is 1. The van der Waals surface area contributed by atoms with Gasteiger partial charge in [0.25, 0.3) is 0 Å². The van der Waals surface area contributed by atoms with Crippen LogP contribution in [0.4, 0.5) is 0 Å². The zero-order valence-electron chi connectivity index (χ0n) is 7.93. The quantitative estimate of drug-likeness (QED) is 0.431. The molecule has 78 valence electrons. The van der Waals surface area contributed by atoms with E-state index < -0.39 is 29.7 Å². The minimum atomic E-state index is -2.03. The van der Waals surface area contributed by atoms with Gasteiger partial charge in [-0.05, 0) is 20.8 Å². The summed E-state index contributed by atoms with van der Waals surface area (Å²) in [6.45, 7) is 3.44. The number of carbonyl (C=O) groups is 1. The van der Waals surface area contributed by atoms with Crippen LogP contribution in [0.3, 0.4) is 0 Å². The van der Waals surface area contributed by atoms with Crippen LogP contribution < -0.4 is 0 Å². The lowest BCUT2D eigenvalue weighted by Crippen LogP contribution is -2.54. The van der Waals surface area contributed by atoms with E-state index in [1.54, 1.807) is 0 Å². The minimum absolute atomic E-state index is 0.667. The van der Waals surface area contributed by atoms with E-state index in [2.05, 4.69) is 0 Å². The molecule has 5 nitrogen and oxygen atoms in total. The van der Waals surface area contributed by atoms with Crippen LogP contribution in [0.15, 0.2) is 0 Å². The molecule has 0 radical (unpaired) electrons. The highest BCUT2D eigenvalue weighted by molar-refractivity contribution is 5.84. The molecule has 0 heterocycles. The highest BCUT2D eigenvalue weighted by atomic mass is 16.4. The Balaban J connectivity index is 4.58. The molecule has 0 bridgehead atoms. The summed E-state index contributed by atoms with van der Waals surface area (Å²) in [4.78, 5) is 10.8.